The van der Waals surface area contributed by atoms with Crippen LogP contribution in [0.2, 0.25) is 0 Å². The number of aromatic nitrogens is 2. The Morgan fingerprint density at radius 2 is 2.31 bits per heavy atom. The molecular weight excluding hydrogens is 273 g/mol. The molecule has 0 bridgehead atoms. The van der Waals surface area contributed by atoms with Crippen molar-refractivity contribution >= 4 is 21.6 Å². The third-order valence-electron chi connectivity index (χ3n) is 2.30. The molecule has 0 fully saturated rings. The van der Waals surface area contributed by atoms with Crippen LogP contribution in [-0.4, -0.2) is 9.55 Å². The molecule has 84 valence electrons. The summed E-state index contributed by atoms with van der Waals surface area (Å²) < 4.78 is 16.1. The highest BCUT2D eigenvalue weighted by Gasteiger charge is 2.03. The summed E-state index contributed by atoms with van der Waals surface area (Å²) in [5.41, 5.74) is 1.48. The van der Waals surface area contributed by atoms with E-state index in [9.17, 15) is 4.39 Å². The van der Waals surface area contributed by atoms with Crippen molar-refractivity contribution in [3.8, 4) is 0 Å². The van der Waals surface area contributed by atoms with Crippen molar-refractivity contribution in [2.45, 2.75) is 6.54 Å². The highest BCUT2D eigenvalue weighted by molar-refractivity contribution is 9.10. The van der Waals surface area contributed by atoms with Crippen LogP contribution in [0.3, 0.4) is 0 Å². The van der Waals surface area contributed by atoms with E-state index in [4.69, 9.17) is 0 Å². The van der Waals surface area contributed by atoms with E-state index in [1.165, 1.54) is 6.07 Å². The molecule has 0 unspecified atom stereocenters. The van der Waals surface area contributed by atoms with Crippen molar-refractivity contribution in [1.29, 1.82) is 0 Å². The maximum Gasteiger partial charge on any atom is 0.146 e. The normalized spacial score (nSPS) is 10.4. The highest BCUT2D eigenvalue weighted by Crippen LogP contribution is 2.20. The predicted octanol–water partition coefficient (Wildman–Crippen LogP) is 2.93. The topological polar surface area (TPSA) is 29.9 Å². The average molecular weight is 284 g/mol. The van der Waals surface area contributed by atoms with Gasteiger partial charge in [-0.25, -0.2) is 9.37 Å². The molecule has 0 aliphatic carbocycles. The fraction of sp³-hybridized carbons (Fsp3) is 0.182. The lowest BCUT2D eigenvalue weighted by atomic mass is 10.3. The van der Waals surface area contributed by atoms with Crippen molar-refractivity contribution in [2.24, 2.45) is 7.05 Å². The summed E-state index contributed by atoms with van der Waals surface area (Å²) in [5.74, 6) is -0.259. The van der Waals surface area contributed by atoms with Gasteiger partial charge in [0.15, 0.2) is 0 Å². The van der Waals surface area contributed by atoms with E-state index in [2.05, 4.69) is 26.2 Å². The Balaban J connectivity index is 2.10. The molecule has 0 amide bonds. The second-order valence-electron chi connectivity index (χ2n) is 3.47. The Bertz CT molecular complexity index is 496. The number of hydrogen-bond donors (Lipinski definition) is 1. The van der Waals surface area contributed by atoms with Crippen LogP contribution in [0, 0.1) is 5.82 Å². The Labute approximate surface area is 101 Å². The maximum absolute atomic E-state index is 13.4. The molecule has 1 heterocycles. The molecule has 0 atom stereocenters. The monoisotopic (exact) mass is 283 g/mol. The molecule has 2 rings (SSSR count). The molecule has 0 spiro atoms. The first-order chi connectivity index (χ1) is 7.66. The van der Waals surface area contributed by atoms with Crippen molar-refractivity contribution in [1.82, 2.24) is 9.55 Å². The fourth-order valence-electron chi connectivity index (χ4n) is 1.37. The van der Waals surface area contributed by atoms with E-state index in [0.717, 1.165) is 10.2 Å². The van der Waals surface area contributed by atoms with Crippen molar-refractivity contribution < 1.29 is 4.39 Å². The molecule has 2 aromatic rings. The molecular formula is C11H11BrFN3. The number of nitrogens with one attached hydrogen (secondary N) is 1. The summed E-state index contributed by atoms with van der Waals surface area (Å²) in [6.45, 7) is 0.546. The molecule has 0 radical (unpaired) electrons. The first-order valence-electron chi connectivity index (χ1n) is 4.81. The van der Waals surface area contributed by atoms with Crippen LogP contribution in [0.25, 0.3) is 0 Å². The fourth-order valence-corrected chi connectivity index (χ4v) is 1.73. The van der Waals surface area contributed by atoms with E-state index in [0.29, 0.717) is 12.2 Å². The van der Waals surface area contributed by atoms with Gasteiger partial charge in [0.25, 0.3) is 0 Å². The largest absolute Gasteiger partial charge is 0.377 e. The van der Waals surface area contributed by atoms with Crippen LogP contribution in [0.5, 0.6) is 0 Å². The van der Waals surface area contributed by atoms with Gasteiger partial charge >= 0.3 is 0 Å². The smallest absolute Gasteiger partial charge is 0.146 e. The maximum atomic E-state index is 13.4. The van der Waals surface area contributed by atoms with Gasteiger partial charge in [0, 0.05) is 17.7 Å². The number of nitrogens with zero attached hydrogens (tertiary/aromatic N) is 2. The van der Waals surface area contributed by atoms with Gasteiger partial charge in [-0.05, 0) is 18.2 Å². The van der Waals surface area contributed by atoms with E-state index in [-0.39, 0.29) is 5.82 Å². The quantitative estimate of drug-likeness (QED) is 0.939. The summed E-state index contributed by atoms with van der Waals surface area (Å²) in [5, 5.41) is 3.03. The van der Waals surface area contributed by atoms with E-state index < -0.39 is 0 Å². The Morgan fingerprint density at radius 3 is 3.00 bits per heavy atom. The first-order valence-corrected chi connectivity index (χ1v) is 5.60. The number of imidazole rings is 1. The third kappa shape index (κ3) is 2.41. The van der Waals surface area contributed by atoms with Crippen molar-refractivity contribution in [2.75, 3.05) is 5.32 Å². The summed E-state index contributed by atoms with van der Waals surface area (Å²) in [6, 6.07) is 4.81. The van der Waals surface area contributed by atoms with Gasteiger partial charge in [0.05, 0.1) is 24.3 Å². The zero-order chi connectivity index (χ0) is 11.5. The minimum absolute atomic E-state index is 0.259. The summed E-state index contributed by atoms with van der Waals surface area (Å²) in [7, 11) is 1.90. The van der Waals surface area contributed by atoms with Crippen LogP contribution in [0.15, 0.2) is 35.2 Å². The zero-order valence-corrected chi connectivity index (χ0v) is 10.3. The van der Waals surface area contributed by atoms with Crippen molar-refractivity contribution in [3.63, 3.8) is 0 Å². The molecule has 0 aliphatic heterocycles. The third-order valence-corrected chi connectivity index (χ3v) is 2.80. The molecule has 3 nitrogen and oxygen atoms in total. The van der Waals surface area contributed by atoms with Gasteiger partial charge in [-0.1, -0.05) is 15.9 Å². The van der Waals surface area contributed by atoms with Gasteiger partial charge in [-0.3, -0.25) is 0 Å². The van der Waals surface area contributed by atoms with Crippen LogP contribution < -0.4 is 5.32 Å². The Hall–Kier alpha value is -1.36. The molecule has 1 N–H and O–H groups in total. The molecule has 16 heavy (non-hydrogen) atoms. The lowest BCUT2D eigenvalue weighted by molar-refractivity contribution is 0.629. The van der Waals surface area contributed by atoms with Gasteiger partial charge in [0.1, 0.15) is 5.82 Å². The van der Waals surface area contributed by atoms with Crippen LogP contribution in [0.4, 0.5) is 10.1 Å². The molecule has 0 saturated carbocycles. The molecule has 5 heteroatoms. The van der Waals surface area contributed by atoms with Crippen LogP contribution >= 0.6 is 15.9 Å². The minimum Gasteiger partial charge on any atom is -0.377 e. The van der Waals surface area contributed by atoms with Gasteiger partial charge in [0.2, 0.25) is 0 Å². The number of halogens is 2. The standard InChI is InChI=1S/C11H11BrFN3/c1-16-7-14-5-9(16)6-15-11-4-8(12)2-3-10(11)13/h2-5,7,15H,6H2,1H3. The number of anilines is 1. The van der Waals surface area contributed by atoms with Gasteiger partial charge in [-0.15, -0.1) is 0 Å². The molecule has 0 saturated heterocycles. The summed E-state index contributed by atoms with van der Waals surface area (Å²) >= 11 is 3.31. The summed E-state index contributed by atoms with van der Waals surface area (Å²) in [6.07, 6.45) is 3.47. The number of benzene rings is 1. The van der Waals surface area contributed by atoms with Crippen LogP contribution in [0.1, 0.15) is 5.69 Å². The first kappa shape index (κ1) is 11.1. The average Bonchev–Trinajstić information content (AvgIpc) is 2.66. The lowest BCUT2D eigenvalue weighted by Crippen LogP contribution is -2.05. The molecule has 1 aromatic heterocycles. The van der Waals surface area contributed by atoms with Crippen molar-refractivity contribution in [3.05, 3.63) is 46.7 Å². The van der Waals surface area contributed by atoms with E-state index >= 15 is 0 Å². The number of hydrogen-bond acceptors (Lipinski definition) is 2. The number of rotatable bonds is 3. The molecule has 1 aromatic carbocycles. The van der Waals surface area contributed by atoms with Crippen LogP contribution in [-0.2, 0) is 13.6 Å². The van der Waals surface area contributed by atoms with E-state index in [1.807, 2.05) is 11.6 Å². The van der Waals surface area contributed by atoms with Gasteiger partial charge < -0.3 is 9.88 Å². The second kappa shape index (κ2) is 4.65. The Morgan fingerprint density at radius 1 is 1.50 bits per heavy atom. The van der Waals surface area contributed by atoms with E-state index in [1.54, 1.807) is 24.7 Å². The van der Waals surface area contributed by atoms with Gasteiger partial charge in [-0.2, -0.15) is 0 Å². The SMILES string of the molecule is Cn1cncc1CNc1cc(Br)ccc1F. The Kier molecular flexibility index (Phi) is 3.24. The second-order valence-corrected chi connectivity index (χ2v) is 4.39. The number of aryl methyl sites for hydroxylation is 1. The highest BCUT2D eigenvalue weighted by atomic mass is 79.9. The molecule has 0 aliphatic rings. The zero-order valence-electron chi connectivity index (χ0n) is 8.74. The lowest BCUT2D eigenvalue weighted by Gasteiger charge is -2.08. The minimum atomic E-state index is -0.259. The predicted molar refractivity (Wildman–Crippen MR) is 64.6 cm³/mol. The summed E-state index contributed by atoms with van der Waals surface area (Å²) in [4.78, 5) is 3.99.